The van der Waals surface area contributed by atoms with E-state index in [1.165, 1.54) is 34.6 Å². The number of amides is 2. The molecule has 2 aliphatic rings. The van der Waals surface area contributed by atoms with Gasteiger partial charge >= 0.3 is 6.18 Å². The lowest BCUT2D eigenvalue weighted by Gasteiger charge is -2.28. The van der Waals surface area contributed by atoms with Gasteiger partial charge in [0.2, 0.25) is 0 Å². The van der Waals surface area contributed by atoms with Crippen LogP contribution in [0.2, 0.25) is 0 Å². The van der Waals surface area contributed by atoms with E-state index >= 15 is 0 Å². The number of rotatable bonds is 11. The first-order valence-corrected chi connectivity index (χ1v) is 13.9. The number of pyridine rings is 1. The predicted octanol–water partition coefficient (Wildman–Crippen LogP) is 4.85. The standard InChI is InChI=1S/C27H34F7N5O3S/c1-12-9-26(30,31)11-39(12)24(41)19(36-13(2)23(40)37-14(3)25(4,5)42)20(43)17-10-35-18(8-16(17)22(28)29)38-21(15-6-7-15)27(32,33)34/h8,10,12,14-15,19,21-22,42H,6-7,9,11H2,1-5H3,(H,35,38)(H,37,40)/t12-,14-,19?,21-/m0/s1. The topological polar surface area (TPSA) is 107 Å². The molecule has 240 valence electrons. The zero-order valence-electron chi connectivity index (χ0n) is 24.1. The summed E-state index contributed by atoms with van der Waals surface area (Å²) in [5.74, 6) is -6.39. The molecule has 1 unspecified atom stereocenters. The number of carbonyl (C=O) groups excluding carboxylic acids is 2. The molecule has 2 heterocycles. The van der Waals surface area contributed by atoms with Gasteiger partial charge in [0.25, 0.3) is 24.2 Å². The molecule has 8 nitrogen and oxygen atoms in total. The summed E-state index contributed by atoms with van der Waals surface area (Å²) in [4.78, 5) is 34.5. The second-order valence-electron chi connectivity index (χ2n) is 11.7. The molecule has 2 amide bonds. The Morgan fingerprint density at radius 2 is 1.84 bits per heavy atom. The van der Waals surface area contributed by atoms with Crippen LogP contribution in [0.25, 0.3) is 0 Å². The molecule has 1 saturated carbocycles. The smallest absolute Gasteiger partial charge is 0.388 e. The van der Waals surface area contributed by atoms with Crippen molar-refractivity contribution in [1.82, 2.24) is 15.2 Å². The summed E-state index contributed by atoms with van der Waals surface area (Å²) in [7, 11) is 0. The summed E-state index contributed by atoms with van der Waals surface area (Å²) in [6.07, 6.45) is -7.24. The number of alkyl halides is 7. The molecule has 1 aliphatic heterocycles. The van der Waals surface area contributed by atoms with E-state index in [1.807, 2.05) is 0 Å². The van der Waals surface area contributed by atoms with Gasteiger partial charge in [-0.25, -0.2) is 22.5 Å². The Morgan fingerprint density at radius 3 is 2.30 bits per heavy atom. The Hall–Kier alpha value is -2.88. The van der Waals surface area contributed by atoms with E-state index in [-0.39, 0.29) is 5.71 Å². The van der Waals surface area contributed by atoms with Crippen molar-refractivity contribution >= 4 is 40.4 Å². The molecule has 1 aromatic heterocycles. The highest BCUT2D eigenvalue weighted by Gasteiger charge is 2.50. The Balaban J connectivity index is 2.01. The molecule has 2 fully saturated rings. The summed E-state index contributed by atoms with van der Waals surface area (Å²) in [5, 5.41) is 14.8. The SMILES string of the molecule is CC(=NC(C(=O)N1CC(F)(F)C[C@@H]1C)C(=S)c1cnc(N[C@@H](C2CC2)C(F)(F)F)cc1C(F)F)C(=O)N[C@@H](C)C(C)(C)O. The van der Waals surface area contributed by atoms with Crippen LogP contribution in [0.5, 0.6) is 0 Å². The van der Waals surface area contributed by atoms with Crippen molar-refractivity contribution in [2.24, 2.45) is 10.9 Å². The normalized spacial score (nSPS) is 21.4. The van der Waals surface area contributed by atoms with Crippen LogP contribution in [0.15, 0.2) is 17.3 Å². The van der Waals surface area contributed by atoms with Crippen molar-refractivity contribution in [3.05, 3.63) is 23.4 Å². The molecule has 0 radical (unpaired) electrons. The van der Waals surface area contributed by atoms with Crippen molar-refractivity contribution in [2.75, 3.05) is 11.9 Å². The van der Waals surface area contributed by atoms with E-state index in [0.29, 0.717) is 18.9 Å². The maximum atomic E-state index is 14.2. The average Bonchev–Trinajstić information content (AvgIpc) is 3.66. The Bertz CT molecular complexity index is 1260. The van der Waals surface area contributed by atoms with Crippen LogP contribution in [0.3, 0.4) is 0 Å². The van der Waals surface area contributed by atoms with Crippen molar-refractivity contribution in [2.45, 2.75) is 102 Å². The molecule has 0 bridgehead atoms. The number of thiocarbonyl (C=S) groups is 1. The number of anilines is 1. The van der Waals surface area contributed by atoms with Gasteiger partial charge in [0.05, 0.1) is 28.8 Å². The van der Waals surface area contributed by atoms with Crippen LogP contribution in [0, 0.1) is 5.92 Å². The zero-order valence-corrected chi connectivity index (χ0v) is 24.9. The predicted molar refractivity (Wildman–Crippen MR) is 149 cm³/mol. The molecule has 3 N–H and O–H groups in total. The van der Waals surface area contributed by atoms with Gasteiger partial charge in [0.15, 0.2) is 6.04 Å². The number of nitrogens with zero attached hydrogens (tertiary/aromatic N) is 3. The first-order valence-electron chi connectivity index (χ1n) is 13.5. The van der Waals surface area contributed by atoms with E-state index in [9.17, 15) is 45.4 Å². The van der Waals surface area contributed by atoms with Crippen LogP contribution in [0.1, 0.15) is 71.4 Å². The highest BCUT2D eigenvalue weighted by Crippen LogP contribution is 2.42. The fourth-order valence-electron chi connectivity index (χ4n) is 4.56. The molecule has 0 aromatic carbocycles. The van der Waals surface area contributed by atoms with Gasteiger partial charge < -0.3 is 20.6 Å². The van der Waals surface area contributed by atoms with Crippen molar-refractivity contribution < 1.29 is 45.4 Å². The van der Waals surface area contributed by atoms with E-state index in [4.69, 9.17) is 12.2 Å². The molecule has 43 heavy (non-hydrogen) atoms. The number of aliphatic imine (C=N–C) groups is 1. The second kappa shape index (κ2) is 12.6. The van der Waals surface area contributed by atoms with E-state index in [1.54, 1.807) is 0 Å². The molecule has 3 rings (SSSR count). The van der Waals surface area contributed by atoms with Gasteiger partial charge in [-0.1, -0.05) is 12.2 Å². The van der Waals surface area contributed by atoms with E-state index in [0.717, 1.165) is 11.1 Å². The quantitative estimate of drug-likeness (QED) is 0.138. The van der Waals surface area contributed by atoms with Gasteiger partial charge in [-0.3, -0.25) is 14.6 Å². The van der Waals surface area contributed by atoms with E-state index < -0.39 is 101 Å². The van der Waals surface area contributed by atoms with Crippen LogP contribution in [0.4, 0.5) is 36.6 Å². The molecule has 0 spiro atoms. The molecule has 1 aromatic rings. The van der Waals surface area contributed by atoms with Crippen LogP contribution in [-0.4, -0.2) is 85.8 Å². The monoisotopic (exact) mass is 641 g/mol. The number of halogens is 7. The third-order valence-electron chi connectivity index (χ3n) is 7.54. The van der Waals surface area contributed by atoms with Crippen molar-refractivity contribution in [1.29, 1.82) is 0 Å². The lowest BCUT2D eigenvalue weighted by molar-refractivity contribution is -0.146. The number of hydrogen-bond acceptors (Lipinski definition) is 7. The largest absolute Gasteiger partial charge is 0.408 e. The van der Waals surface area contributed by atoms with Gasteiger partial charge in [-0.15, -0.1) is 0 Å². The molecule has 1 saturated heterocycles. The molecule has 1 aliphatic carbocycles. The van der Waals surface area contributed by atoms with Crippen molar-refractivity contribution in [3.8, 4) is 0 Å². The molecular formula is C27H34F7N5O3S. The third-order valence-corrected chi connectivity index (χ3v) is 7.98. The van der Waals surface area contributed by atoms with Crippen LogP contribution < -0.4 is 10.6 Å². The van der Waals surface area contributed by atoms with Gasteiger partial charge in [-0.05, 0) is 59.4 Å². The first kappa shape index (κ1) is 34.6. The molecule has 4 atom stereocenters. The fourth-order valence-corrected chi connectivity index (χ4v) is 4.88. The summed E-state index contributed by atoms with van der Waals surface area (Å²) in [5.41, 5.74) is -3.08. The summed E-state index contributed by atoms with van der Waals surface area (Å²) >= 11 is 5.36. The number of carbonyl (C=O) groups is 2. The number of nitrogens with one attached hydrogen (secondary N) is 2. The minimum Gasteiger partial charge on any atom is -0.388 e. The summed E-state index contributed by atoms with van der Waals surface area (Å²) in [6.45, 7) is 5.91. The number of aliphatic hydroxyl groups is 1. The number of likely N-dealkylation sites (tertiary alicyclic amines) is 1. The average molecular weight is 642 g/mol. The highest BCUT2D eigenvalue weighted by molar-refractivity contribution is 7.81. The molecular weight excluding hydrogens is 607 g/mol. The van der Waals surface area contributed by atoms with Crippen molar-refractivity contribution in [3.63, 3.8) is 0 Å². The second-order valence-corrected chi connectivity index (χ2v) is 12.1. The maximum Gasteiger partial charge on any atom is 0.408 e. The van der Waals surface area contributed by atoms with E-state index in [2.05, 4.69) is 20.6 Å². The Kier molecular flexibility index (Phi) is 10.2. The Labute approximate surface area is 249 Å². The minimum absolute atomic E-state index is 0.304. The maximum absolute atomic E-state index is 14.2. The van der Waals surface area contributed by atoms with Gasteiger partial charge in [0.1, 0.15) is 11.9 Å². The zero-order chi connectivity index (χ0) is 32.7. The first-order chi connectivity index (χ1) is 19.6. The van der Waals surface area contributed by atoms with Gasteiger partial charge in [0, 0.05) is 29.8 Å². The number of aromatic nitrogens is 1. The summed E-state index contributed by atoms with van der Waals surface area (Å²) < 4.78 is 97.3. The summed E-state index contributed by atoms with van der Waals surface area (Å²) in [6, 6.07) is -4.99. The third kappa shape index (κ3) is 8.61. The highest BCUT2D eigenvalue weighted by atomic mass is 32.1. The van der Waals surface area contributed by atoms with Crippen LogP contribution in [-0.2, 0) is 9.59 Å². The fraction of sp³-hybridized carbons (Fsp3) is 0.667. The lowest BCUT2D eigenvalue weighted by Crippen LogP contribution is -2.49. The van der Waals surface area contributed by atoms with Gasteiger partial charge in [-0.2, -0.15) is 13.2 Å². The molecule has 16 heteroatoms. The minimum atomic E-state index is -4.66. The lowest BCUT2D eigenvalue weighted by atomic mass is 10.00. The Morgan fingerprint density at radius 1 is 1.23 bits per heavy atom. The number of hydrogen-bond donors (Lipinski definition) is 3. The van der Waals surface area contributed by atoms with Crippen LogP contribution >= 0.6 is 12.2 Å².